The van der Waals surface area contributed by atoms with Crippen molar-refractivity contribution in [2.45, 2.75) is 57.7 Å². The van der Waals surface area contributed by atoms with Crippen LogP contribution in [-0.4, -0.2) is 6.36 Å². The zero-order chi connectivity index (χ0) is 25.3. The first-order valence-corrected chi connectivity index (χ1v) is 11.4. The number of unbranched alkanes of at least 4 members (excludes halogenated alkanes) is 1. The van der Waals surface area contributed by atoms with Crippen molar-refractivity contribution in [2.75, 3.05) is 0 Å². The van der Waals surface area contributed by atoms with E-state index in [1.54, 1.807) is 0 Å². The Balaban J connectivity index is 1.61. The van der Waals surface area contributed by atoms with Crippen LogP contribution in [0.5, 0.6) is 5.75 Å². The van der Waals surface area contributed by atoms with Crippen LogP contribution in [0, 0.1) is 23.3 Å². The molecule has 0 spiro atoms. The first kappa shape index (κ1) is 25.1. The van der Waals surface area contributed by atoms with Gasteiger partial charge < -0.3 is 4.74 Å². The van der Waals surface area contributed by atoms with Gasteiger partial charge in [-0.25, -0.2) is 17.6 Å². The lowest BCUT2D eigenvalue weighted by Crippen LogP contribution is -2.18. The van der Waals surface area contributed by atoms with Gasteiger partial charge in [0.25, 0.3) is 0 Å². The van der Waals surface area contributed by atoms with Crippen LogP contribution in [0.3, 0.4) is 0 Å². The van der Waals surface area contributed by atoms with Gasteiger partial charge in [-0.3, -0.25) is 0 Å². The molecule has 0 heterocycles. The first-order chi connectivity index (χ1) is 16.6. The minimum Gasteiger partial charge on any atom is -0.406 e. The van der Waals surface area contributed by atoms with Crippen LogP contribution < -0.4 is 4.74 Å². The second-order valence-corrected chi connectivity index (χ2v) is 8.77. The third-order valence-corrected chi connectivity index (χ3v) is 6.36. The summed E-state index contributed by atoms with van der Waals surface area (Å²) >= 11 is 0. The summed E-state index contributed by atoms with van der Waals surface area (Å²) in [5.74, 6) is -4.09. The summed E-state index contributed by atoms with van der Waals surface area (Å²) < 4.78 is 101. The van der Waals surface area contributed by atoms with Gasteiger partial charge in [0, 0.05) is 5.56 Å². The van der Waals surface area contributed by atoms with E-state index in [-0.39, 0.29) is 41.5 Å². The quantitative estimate of drug-likeness (QED) is 0.311. The van der Waals surface area contributed by atoms with Gasteiger partial charge in [-0.1, -0.05) is 25.5 Å². The van der Waals surface area contributed by atoms with Gasteiger partial charge in [-0.2, -0.15) is 0 Å². The minimum atomic E-state index is -4.88. The van der Waals surface area contributed by atoms with Crippen molar-refractivity contribution in [1.82, 2.24) is 0 Å². The SMILES string of the molecule is CCCCc1cc(F)c(C2CCc3c(cc(F)c(-c4ccc(OC(F)(F)F)cc4)c3F)C2)c(F)c1. The highest BCUT2D eigenvalue weighted by atomic mass is 19.4. The molecule has 1 atom stereocenters. The molecule has 8 heteroatoms. The molecule has 0 fully saturated rings. The number of fused-ring (bicyclic) bond motifs is 1. The van der Waals surface area contributed by atoms with E-state index in [1.165, 1.54) is 12.1 Å². The van der Waals surface area contributed by atoms with Gasteiger partial charge in [-0.15, -0.1) is 13.2 Å². The number of alkyl halides is 3. The fourth-order valence-corrected chi connectivity index (χ4v) is 4.73. The zero-order valence-corrected chi connectivity index (χ0v) is 18.9. The number of aryl methyl sites for hydroxylation is 1. The fraction of sp³-hybridized carbons (Fsp3) is 0.333. The zero-order valence-electron chi connectivity index (χ0n) is 18.9. The van der Waals surface area contributed by atoms with Crippen molar-refractivity contribution in [3.8, 4) is 16.9 Å². The van der Waals surface area contributed by atoms with E-state index in [0.717, 1.165) is 43.2 Å². The Kier molecular flexibility index (Phi) is 7.10. The molecule has 1 aliphatic rings. The van der Waals surface area contributed by atoms with E-state index in [0.29, 0.717) is 17.5 Å². The summed E-state index contributed by atoms with van der Waals surface area (Å²) in [5.41, 5.74) is 0.772. The number of rotatable bonds is 6. The summed E-state index contributed by atoms with van der Waals surface area (Å²) in [7, 11) is 0. The molecule has 3 aromatic rings. The van der Waals surface area contributed by atoms with Crippen molar-refractivity contribution in [3.63, 3.8) is 0 Å². The van der Waals surface area contributed by atoms with Crippen molar-refractivity contribution < 1.29 is 35.5 Å². The molecule has 0 N–H and O–H groups in total. The molecule has 0 bridgehead atoms. The molecule has 0 saturated carbocycles. The Morgan fingerprint density at radius 2 is 1.57 bits per heavy atom. The lowest BCUT2D eigenvalue weighted by atomic mass is 9.78. The number of hydrogen-bond acceptors (Lipinski definition) is 1. The molecule has 3 aromatic carbocycles. The Labute approximate surface area is 198 Å². The van der Waals surface area contributed by atoms with Gasteiger partial charge >= 0.3 is 6.36 Å². The molecule has 1 nitrogen and oxygen atoms in total. The highest BCUT2D eigenvalue weighted by molar-refractivity contribution is 5.68. The lowest BCUT2D eigenvalue weighted by molar-refractivity contribution is -0.274. The Bertz CT molecular complexity index is 1190. The Morgan fingerprint density at radius 3 is 2.17 bits per heavy atom. The molecule has 0 aromatic heterocycles. The van der Waals surface area contributed by atoms with E-state index in [2.05, 4.69) is 4.74 Å². The predicted octanol–water partition coefficient (Wildman–Crippen LogP) is 8.42. The van der Waals surface area contributed by atoms with E-state index in [4.69, 9.17) is 0 Å². The van der Waals surface area contributed by atoms with Crippen LogP contribution in [0.25, 0.3) is 11.1 Å². The standard InChI is InChI=1S/C27H23F7O/c1-2-3-4-15-11-21(28)24(22(29)12-15)17-7-10-20-18(13-17)14-23(30)25(26(20)31)16-5-8-19(9-6-16)35-27(32,33)34/h5-6,8-9,11-12,14,17H,2-4,7,10,13H2,1H3. The van der Waals surface area contributed by atoms with Gasteiger partial charge in [0.05, 0.1) is 5.56 Å². The summed E-state index contributed by atoms with van der Waals surface area (Å²) in [6.07, 6.45) is -2.11. The summed E-state index contributed by atoms with van der Waals surface area (Å²) in [6, 6.07) is 8.06. The average molecular weight is 496 g/mol. The van der Waals surface area contributed by atoms with Crippen molar-refractivity contribution in [1.29, 1.82) is 0 Å². The Morgan fingerprint density at radius 1 is 0.914 bits per heavy atom. The van der Waals surface area contributed by atoms with Gasteiger partial charge in [0.2, 0.25) is 0 Å². The molecular weight excluding hydrogens is 473 g/mol. The Hall–Kier alpha value is -3.03. The molecule has 1 aliphatic carbocycles. The summed E-state index contributed by atoms with van der Waals surface area (Å²) in [4.78, 5) is 0. The van der Waals surface area contributed by atoms with Gasteiger partial charge in [0.1, 0.15) is 29.0 Å². The molecule has 0 radical (unpaired) electrons. The normalized spacial score (nSPS) is 15.7. The van der Waals surface area contributed by atoms with E-state index < -0.39 is 41.3 Å². The van der Waals surface area contributed by atoms with E-state index in [9.17, 15) is 26.3 Å². The molecule has 0 amide bonds. The maximum Gasteiger partial charge on any atom is 0.573 e. The second-order valence-electron chi connectivity index (χ2n) is 8.77. The van der Waals surface area contributed by atoms with Gasteiger partial charge in [0.15, 0.2) is 0 Å². The summed E-state index contributed by atoms with van der Waals surface area (Å²) in [5, 5.41) is 0. The van der Waals surface area contributed by atoms with Crippen molar-refractivity contribution in [2.24, 2.45) is 0 Å². The first-order valence-electron chi connectivity index (χ1n) is 11.4. The molecule has 186 valence electrons. The predicted molar refractivity (Wildman–Crippen MR) is 118 cm³/mol. The highest BCUT2D eigenvalue weighted by Gasteiger charge is 2.32. The molecule has 0 aliphatic heterocycles. The molecule has 0 saturated heterocycles. The number of halogens is 7. The maximum absolute atomic E-state index is 15.3. The number of ether oxygens (including phenoxy) is 1. The molecule has 35 heavy (non-hydrogen) atoms. The molecular formula is C27H23F7O. The minimum absolute atomic E-state index is 0.0548. The monoisotopic (exact) mass is 496 g/mol. The van der Waals surface area contributed by atoms with E-state index in [1.807, 2.05) is 6.92 Å². The molecule has 1 unspecified atom stereocenters. The van der Waals surface area contributed by atoms with Gasteiger partial charge in [-0.05, 0) is 90.6 Å². The maximum atomic E-state index is 15.3. The third-order valence-electron chi connectivity index (χ3n) is 6.36. The average Bonchev–Trinajstić information content (AvgIpc) is 2.77. The highest BCUT2D eigenvalue weighted by Crippen LogP contribution is 2.40. The van der Waals surface area contributed by atoms with Crippen LogP contribution in [0.15, 0.2) is 42.5 Å². The van der Waals surface area contributed by atoms with E-state index >= 15 is 4.39 Å². The topological polar surface area (TPSA) is 9.23 Å². The summed E-state index contributed by atoms with van der Waals surface area (Å²) in [6.45, 7) is 1.99. The van der Waals surface area contributed by atoms with Crippen LogP contribution in [0.2, 0.25) is 0 Å². The molecule has 4 rings (SSSR count). The van der Waals surface area contributed by atoms with Crippen LogP contribution in [0.4, 0.5) is 30.7 Å². The second kappa shape index (κ2) is 9.91. The largest absolute Gasteiger partial charge is 0.573 e. The fourth-order valence-electron chi connectivity index (χ4n) is 4.73. The van der Waals surface area contributed by atoms with Crippen LogP contribution >= 0.6 is 0 Å². The third kappa shape index (κ3) is 5.46. The number of hydrogen-bond donors (Lipinski definition) is 0. The smallest absolute Gasteiger partial charge is 0.406 e. The van der Waals surface area contributed by atoms with Crippen molar-refractivity contribution in [3.05, 3.63) is 88.0 Å². The number of benzene rings is 3. The lowest BCUT2D eigenvalue weighted by Gasteiger charge is -2.27. The van der Waals surface area contributed by atoms with Crippen LogP contribution in [-0.2, 0) is 19.3 Å². The van der Waals surface area contributed by atoms with Crippen molar-refractivity contribution >= 4 is 0 Å². The van der Waals surface area contributed by atoms with Crippen LogP contribution in [0.1, 0.15) is 54.4 Å².